The number of benzene rings is 2. The van der Waals surface area contributed by atoms with Gasteiger partial charge in [0.1, 0.15) is 16.4 Å². The van der Waals surface area contributed by atoms with Gasteiger partial charge in [0.25, 0.3) is 5.78 Å². The van der Waals surface area contributed by atoms with E-state index in [4.69, 9.17) is 18.9 Å². The lowest BCUT2D eigenvalue weighted by atomic mass is 9.95. The maximum Gasteiger partial charge on any atom is 0.350 e. The molecular formula is C35H42N2O8S. The van der Waals surface area contributed by atoms with Gasteiger partial charge in [-0.25, -0.2) is 9.78 Å². The van der Waals surface area contributed by atoms with Gasteiger partial charge in [-0.05, 0) is 75.6 Å². The topological polar surface area (TPSA) is 124 Å². The number of thiazole rings is 1. The summed E-state index contributed by atoms with van der Waals surface area (Å²) in [4.78, 5) is 46.0. The first-order valence-electron chi connectivity index (χ1n) is 15.8. The van der Waals surface area contributed by atoms with E-state index >= 15 is 0 Å². The number of amides is 1. The Bertz CT molecular complexity index is 1560. The summed E-state index contributed by atoms with van der Waals surface area (Å²) in [6, 6.07) is 10.8. The summed E-state index contributed by atoms with van der Waals surface area (Å²) in [6.07, 6.45) is 4.88. The van der Waals surface area contributed by atoms with Crippen LogP contribution in [0.4, 0.5) is 5.13 Å². The van der Waals surface area contributed by atoms with Gasteiger partial charge in [0.05, 0.1) is 43.7 Å². The Morgan fingerprint density at radius 3 is 2.28 bits per heavy atom. The molecule has 0 spiro atoms. The van der Waals surface area contributed by atoms with Crippen molar-refractivity contribution in [3.05, 3.63) is 69.7 Å². The fourth-order valence-corrected chi connectivity index (χ4v) is 6.02. The maximum atomic E-state index is 13.7. The van der Waals surface area contributed by atoms with E-state index in [2.05, 4.69) is 18.8 Å². The number of carbonyl (C=O) groups excluding carboxylic acids is 3. The molecule has 2 aromatic carbocycles. The second kappa shape index (κ2) is 16.3. The van der Waals surface area contributed by atoms with Crippen molar-refractivity contribution in [1.29, 1.82) is 0 Å². The first-order valence-corrected chi connectivity index (χ1v) is 16.6. The van der Waals surface area contributed by atoms with Crippen LogP contribution in [0.25, 0.3) is 5.76 Å². The number of esters is 1. The number of rotatable bonds is 16. The molecule has 1 fully saturated rings. The van der Waals surface area contributed by atoms with Gasteiger partial charge in [0.15, 0.2) is 16.6 Å². The first kappa shape index (κ1) is 34.5. The SMILES string of the molecule is CCCCCOc1ccc(C2/C(=C(/O)c3ccc(OCCCC)cc3)C(=O)C(=O)N2c2nc(C)c(C(=O)OCC)s2)cc1OCC. The number of hydrogen-bond acceptors (Lipinski definition) is 10. The van der Waals surface area contributed by atoms with E-state index < -0.39 is 23.7 Å². The minimum atomic E-state index is -1.07. The monoisotopic (exact) mass is 650 g/mol. The van der Waals surface area contributed by atoms with Gasteiger partial charge < -0.3 is 24.1 Å². The quantitative estimate of drug-likeness (QED) is 0.0555. The summed E-state index contributed by atoms with van der Waals surface area (Å²) in [5.74, 6) is -1.07. The number of aromatic nitrogens is 1. The lowest BCUT2D eigenvalue weighted by Gasteiger charge is -2.24. The van der Waals surface area contributed by atoms with Crippen molar-refractivity contribution in [2.24, 2.45) is 0 Å². The maximum absolute atomic E-state index is 13.7. The zero-order chi connectivity index (χ0) is 33.2. The van der Waals surface area contributed by atoms with E-state index in [1.807, 2.05) is 6.92 Å². The average molecular weight is 651 g/mol. The fourth-order valence-electron chi connectivity index (χ4n) is 5.03. The molecule has 0 radical (unpaired) electrons. The van der Waals surface area contributed by atoms with Crippen LogP contribution >= 0.6 is 11.3 Å². The third-order valence-corrected chi connectivity index (χ3v) is 8.52. The van der Waals surface area contributed by atoms with Gasteiger partial charge in [-0.1, -0.05) is 50.5 Å². The van der Waals surface area contributed by atoms with Crippen LogP contribution in [0.3, 0.4) is 0 Å². The highest BCUT2D eigenvalue weighted by atomic mass is 32.1. The molecule has 4 rings (SSSR count). The highest BCUT2D eigenvalue weighted by Gasteiger charge is 2.48. The van der Waals surface area contributed by atoms with Crippen LogP contribution in [0.2, 0.25) is 0 Å². The van der Waals surface area contributed by atoms with Crippen LogP contribution in [0.1, 0.15) is 92.3 Å². The molecule has 246 valence electrons. The van der Waals surface area contributed by atoms with Crippen LogP contribution in [-0.4, -0.2) is 54.2 Å². The van der Waals surface area contributed by atoms with Crippen molar-refractivity contribution >= 4 is 39.9 Å². The molecule has 0 aliphatic carbocycles. The Hall–Kier alpha value is -4.38. The van der Waals surface area contributed by atoms with E-state index in [1.165, 1.54) is 4.90 Å². The number of nitrogens with zero attached hydrogens (tertiary/aromatic N) is 2. The summed E-state index contributed by atoms with van der Waals surface area (Å²) in [7, 11) is 0. The number of hydrogen-bond donors (Lipinski definition) is 1. The summed E-state index contributed by atoms with van der Waals surface area (Å²) in [5, 5.41) is 11.7. The number of unbranched alkanes of at least 4 members (excludes halogenated alkanes) is 3. The van der Waals surface area contributed by atoms with Gasteiger partial charge in [-0.3, -0.25) is 14.5 Å². The highest BCUT2D eigenvalue weighted by Crippen LogP contribution is 2.45. The molecule has 10 nitrogen and oxygen atoms in total. The molecule has 1 atom stereocenters. The molecule has 1 aliphatic heterocycles. The van der Waals surface area contributed by atoms with Gasteiger partial charge >= 0.3 is 11.9 Å². The van der Waals surface area contributed by atoms with Crippen LogP contribution in [-0.2, 0) is 14.3 Å². The Morgan fingerprint density at radius 2 is 1.61 bits per heavy atom. The Morgan fingerprint density at radius 1 is 0.891 bits per heavy atom. The summed E-state index contributed by atoms with van der Waals surface area (Å²) in [5.41, 5.74) is 1.09. The second-order valence-corrected chi connectivity index (χ2v) is 11.7. The molecule has 1 saturated heterocycles. The Kier molecular flexibility index (Phi) is 12.2. The standard InChI is InChI=1S/C35H42N2O8S/c1-6-10-12-20-45-26-18-15-24(21-27(26)42-8-3)29-28(30(38)23-13-16-25(17-14-23)44-19-11-7-2)31(39)33(40)37(29)35-36-22(5)32(46-35)34(41)43-9-4/h13-18,21,29,38H,6-12,19-20H2,1-5H3/b30-28-. The smallest absolute Gasteiger partial charge is 0.350 e. The number of ether oxygens (including phenoxy) is 4. The minimum Gasteiger partial charge on any atom is -0.507 e. The number of aliphatic hydroxyl groups is 1. The van der Waals surface area contributed by atoms with Crippen molar-refractivity contribution in [3.63, 3.8) is 0 Å². The van der Waals surface area contributed by atoms with E-state index in [-0.39, 0.29) is 27.9 Å². The fraction of sp³-hybridized carbons (Fsp3) is 0.429. The Labute approximate surface area is 274 Å². The van der Waals surface area contributed by atoms with Crippen molar-refractivity contribution in [1.82, 2.24) is 4.98 Å². The zero-order valence-corrected chi connectivity index (χ0v) is 27.9. The van der Waals surface area contributed by atoms with Gasteiger partial charge in [-0.2, -0.15) is 0 Å². The number of aryl methyl sites for hydroxylation is 1. The molecule has 2 heterocycles. The molecule has 1 N–H and O–H groups in total. The Balaban J connectivity index is 1.83. The van der Waals surface area contributed by atoms with E-state index in [0.29, 0.717) is 53.9 Å². The number of carbonyl (C=O) groups is 3. The van der Waals surface area contributed by atoms with Gasteiger partial charge in [0, 0.05) is 5.56 Å². The normalized spacial score (nSPS) is 15.7. The van der Waals surface area contributed by atoms with E-state index in [0.717, 1.165) is 43.4 Å². The average Bonchev–Trinajstić information content (AvgIpc) is 3.56. The molecule has 46 heavy (non-hydrogen) atoms. The van der Waals surface area contributed by atoms with Crippen LogP contribution in [0, 0.1) is 6.92 Å². The lowest BCUT2D eigenvalue weighted by molar-refractivity contribution is -0.132. The first-order chi connectivity index (χ1) is 22.2. The van der Waals surface area contributed by atoms with Crippen molar-refractivity contribution in [2.75, 3.05) is 31.3 Å². The number of Topliss-reactive ketones (excluding diaryl/α,β-unsaturated/α-hetero) is 1. The molecule has 1 aliphatic rings. The van der Waals surface area contributed by atoms with E-state index in [9.17, 15) is 19.5 Å². The molecule has 3 aromatic rings. The predicted octanol–water partition coefficient (Wildman–Crippen LogP) is 7.40. The van der Waals surface area contributed by atoms with Crippen molar-refractivity contribution in [3.8, 4) is 17.2 Å². The second-order valence-electron chi connectivity index (χ2n) is 10.7. The third kappa shape index (κ3) is 7.70. The number of aliphatic hydroxyl groups excluding tert-OH is 1. The van der Waals surface area contributed by atoms with Crippen LogP contribution < -0.4 is 19.1 Å². The summed E-state index contributed by atoms with van der Waals surface area (Å²) < 4.78 is 22.9. The molecule has 0 bridgehead atoms. The molecule has 11 heteroatoms. The summed E-state index contributed by atoms with van der Waals surface area (Å²) in [6.45, 7) is 11.0. The van der Waals surface area contributed by atoms with Crippen LogP contribution in [0.5, 0.6) is 17.2 Å². The molecule has 1 amide bonds. The van der Waals surface area contributed by atoms with E-state index in [1.54, 1.807) is 56.3 Å². The zero-order valence-electron chi connectivity index (χ0n) is 27.1. The molecule has 1 aromatic heterocycles. The predicted molar refractivity (Wildman–Crippen MR) is 177 cm³/mol. The number of anilines is 1. The highest BCUT2D eigenvalue weighted by molar-refractivity contribution is 7.17. The third-order valence-electron chi connectivity index (χ3n) is 7.38. The molecular weight excluding hydrogens is 608 g/mol. The lowest BCUT2D eigenvalue weighted by Crippen LogP contribution is -2.29. The van der Waals surface area contributed by atoms with Gasteiger partial charge in [0.2, 0.25) is 0 Å². The molecule has 1 unspecified atom stereocenters. The van der Waals surface area contributed by atoms with Crippen LogP contribution in [0.15, 0.2) is 48.0 Å². The minimum absolute atomic E-state index is 0.116. The van der Waals surface area contributed by atoms with Crippen molar-refractivity contribution in [2.45, 2.75) is 72.8 Å². The summed E-state index contributed by atoms with van der Waals surface area (Å²) >= 11 is 0.954. The number of ketones is 1. The molecule has 0 saturated carbocycles. The van der Waals surface area contributed by atoms with Gasteiger partial charge in [-0.15, -0.1) is 0 Å². The van der Waals surface area contributed by atoms with Crippen molar-refractivity contribution < 1.29 is 38.4 Å². The largest absolute Gasteiger partial charge is 0.507 e.